The molecule has 3 heterocycles. The molecule has 2 aliphatic rings. The average Bonchev–Trinajstić information content (AvgIpc) is 3.00. The number of rotatable bonds is 7. The maximum atomic E-state index is 12.2. The van der Waals surface area contributed by atoms with Crippen molar-refractivity contribution in [2.24, 2.45) is 0 Å². The number of esters is 2. The molecular formula is C21H29N5O5. The van der Waals surface area contributed by atoms with E-state index in [0.29, 0.717) is 30.0 Å². The molecule has 10 heteroatoms. The number of urea groups is 1. The van der Waals surface area contributed by atoms with Gasteiger partial charge in [-0.05, 0) is 32.4 Å². The zero-order valence-electron chi connectivity index (χ0n) is 18.0. The lowest BCUT2D eigenvalue weighted by Gasteiger charge is -2.27. The predicted octanol–water partition coefficient (Wildman–Crippen LogP) is 0.900. The monoisotopic (exact) mass is 431 g/mol. The lowest BCUT2D eigenvalue weighted by molar-refractivity contribution is -0.138. The molecule has 2 aliphatic heterocycles. The summed E-state index contributed by atoms with van der Waals surface area (Å²) in [6.07, 6.45) is 2.44. The van der Waals surface area contributed by atoms with E-state index >= 15 is 0 Å². The Bertz CT molecular complexity index is 839. The molecule has 10 nitrogen and oxygen atoms in total. The van der Waals surface area contributed by atoms with E-state index in [4.69, 9.17) is 9.47 Å². The number of anilines is 1. The van der Waals surface area contributed by atoms with E-state index in [-0.39, 0.29) is 25.2 Å². The SMILES string of the molecule is CCOC(=O)C1=C(CN2CCCN(c3ccc(C(=O)OCC)cn3)CC2)NC(=O)NC1. The van der Waals surface area contributed by atoms with Crippen molar-refractivity contribution in [3.8, 4) is 0 Å². The van der Waals surface area contributed by atoms with Crippen LogP contribution in [-0.2, 0) is 14.3 Å². The van der Waals surface area contributed by atoms with Gasteiger partial charge in [0, 0.05) is 44.6 Å². The summed E-state index contributed by atoms with van der Waals surface area (Å²) < 4.78 is 10.1. The first-order valence-corrected chi connectivity index (χ1v) is 10.6. The number of ether oxygens (including phenoxy) is 2. The van der Waals surface area contributed by atoms with Crippen molar-refractivity contribution >= 4 is 23.8 Å². The molecule has 0 spiro atoms. The van der Waals surface area contributed by atoms with Crippen molar-refractivity contribution in [3.63, 3.8) is 0 Å². The van der Waals surface area contributed by atoms with E-state index in [1.807, 2.05) is 6.07 Å². The van der Waals surface area contributed by atoms with Crippen LogP contribution in [0.2, 0.25) is 0 Å². The van der Waals surface area contributed by atoms with Crippen LogP contribution in [0.3, 0.4) is 0 Å². The molecule has 1 aromatic heterocycles. The van der Waals surface area contributed by atoms with Gasteiger partial charge < -0.3 is 25.0 Å². The minimum absolute atomic E-state index is 0.163. The molecule has 0 aromatic carbocycles. The molecule has 1 saturated heterocycles. The van der Waals surface area contributed by atoms with Crippen LogP contribution in [-0.4, -0.2) is 80.3 Å². The summed E-state index contributed by atoms with van der Waals surface area (Å²) in [4.78, 5) is 44.6. The quantitative estimate of drug-likeness (QED) is 0.613. The van der Waals surface area contributed by atoms with E-state index < -0.39 is 5.97 Å². The summed E-state index contributed by atoms with van der Waals surface area (Å²) in [6, 6.07) is 3.24. The largest absolute Gasteiger partial charge is 0.463 e. The molecular weight excluding hydrogens is 402 g/mol. The van der Waals surface area contributed by atoms with Crippen molar-refractivity contribution in [2.75, 3.05) is 57.4 Å². The van der Waals surface area contributed by atoms with Crippen molar-refractivity contribution in [1.29, 1.82) is 0 Å². The molecule has 0 bridgehead atoms. The topological polar surface area (TPSA) is 113 Å². The van der Waals surface area contributed by atoms with Gasteiger partial charge in [-0.3, -0.25) is 4.90 Å². The first kappa shape index (κ1) is 22.5. The highest BCUT2D eigenvalue weighted by Gasteiger charge is 2.26. The Hall–Kier alpha value is -3.14. The van der Waals surface area contributed by atoms with Gasteiger partial charge in [0.1, 0.15) is 5.82 Å². The number of nitrogens with zero attached hydrogens (tertiary/aromatic N) is 3. The second-order valence-electron chi connectivity index (χ2n) is 7.23. The van der Waals surface area contributed by atoms with E-state index in [1.54, 1.807) is 19.9 Å². The highest BCUT2D eigenvalue weighted by Crippen LogP contribution is 2.16. The molecule has 1 aromatic rings. The molecule has 3 rings (SSSR count). The van der Waals surface area contributed by atoms with Crippen molar-refractivity contribution in [3.05, 3.63) is 35.2 Å². The zero-order valence-corrected chi connectivity index (χ0v) is 18.0. The maximum Gasteiger partial charge on any atom is 0.339 e. The Labute approximate surface area is 181 Å². The Morgan fingerprint density at radius 3 is 2.55 bits per heavy atom. The number of nitrogens with one attached hydrogen (secondary N) is 2. The number of aromatic nitrogens is 1. The maximum absolute atomic E-state index is 12.2. The van der Waals surface area contributed by atoms with Crippen LogP contribution in [0, 0.1) is 0 Å². The fraction of sp³-hybridized carbons (Fsp3) is 0.524. The van der Waals surface area contributed by atoms with Crippen LogP contribution in [0.15, 0.2) is 29.6 Å². The number of carbonyl (C=O) groups is 3. The predicted molar refractivity (Wildman–Crippen MR) is 114 cm³/mol. The van der Waals surface area contributed by atoms with E-state index in [0.717, 1.165) is 38.4 Å². The summed E-state index contributed by atoms with van der Waals surface area (Å²) in [5.74, 6) is 0.0159. The third-order valence-electron chi connectivity index (χ3n) is 5.13. The minimum atomic E-state index is -0.410. The van der Waals surface area contributed by atoms with Crippen LogP contribution in [0.1, 0.15) is 30.6 Å². The molecule has 0 radical (unpaired) electrons. The second kappa shape index (κ2) is 10.8. The van der Waals surface area contributed by atoms with Crippen molar-refractivity contribution in [1.82, 2.24) is 20.5 Å². The van der Waals surface area contributed by atoms with Crippen LogP contribution < -0.4 is 15.5 Å². The molecule has 0 saturated carbocycles. The van der Waals surface area contributed by atoms with Crippen LogP contribution in [0.25, 0.3) is 0 Å². The molecule has 0 aliphatic carbocycles. The van der Waals surface area contributed by atoms with Gasteiger partial charge in [0.05, 0.1) is 30.9 Å². The first-order chi connectivity index (χ1) is 15.0. The van der Waals surface area contributed by atoms with E-state index in [2.05, 4.69) is 25.4 Å². The Morgan fingerprint density at radius 2 is 1.84 bits per heavy atom. The number of amides is 2. The van der Waals surface area contributed by atoms with Crippen LogP contribution in [0.4, 0.5) is 10.6 Å². The van der Waals surface area contributed by atoms with Crippen molar-refractivity contribution < 1.29 is 23.9 Å². The van der Waals surface area contributed by atoms with Gasteiger partial charge in [0.25, 0.3) is 0 Å². The number of hydrogen-bond donors (Lipinski definition) is 2. The Balaban J connectivity index is 1.63. The van der Waals surface area contributed by atoms with E-state index in [1.165, 1.54) is 6.20 Å². The van der Waals surface area contributed by atoms with Gasteiger partial charge in [-0.1, -0.05) is 0 Å². The average molecular weight is 431 g/mol. The van der Waals surface area contributed by atoms with Gasteiger partial charge in [0.2, 0.25) is 0 Å². The fourth-order valence-corrected chi connectivity index (χ4v) is 3.57. The molecule has 168 valence electrons. The highest BCUT2D eigenvalue weighted by atomic mass is 16.5. The Kier molecular flexibility index (Phi) is 7.82. The van der Waals surface area contributed by atoms with Gasteiger partial charge in [-0.2, -0.15) is 0 Å². The molecule has 0 atom stereocenters. The van der Waals surface area contributed by atoms with Crippen LogP contribution in [0.5, 0.6) is 0 Å². The summed E-state index contributed by atoms with van der Waals surface area (Å²) in [6.45, 7) is 7.87. The molecule has 1 fully saturated rings. The zero-order chi connectivity index (χ0) is 22.2. The fourth-order valence-electron chi connectivity index (χ4n) is 3.57. The van der Waals surface area contributed by atoms with E-state index in [9.17, 15) is 14.4 Å². The van der Waals surface area contributed by atoms with Crippen molar-refractivity contribution in [2.45, 2.75) is 20.3 Å². The lowest BCUT2D eigenvalue weighted by Crippen LogP contribution is -2.47. The molecule has 2 amide bonds. The van der Waals surface area contributed by atoms with Gasteiger partial charge >= 0.3 is 18.0 Å². The van der Waals surface area contributed by atoms with Gasteiger partial charge in [-0.15, -0.1) is 0 Å². The Morgan fingerprint density at radius 1 is 1.06 bits per heavy atom. The minimum Gasteiger partial charge on any atom is -0.463 e. The van der Waals surface area contributed by atoms with Crippen LogP contribution >= 0.6 is 0 Å². The third kappa shape index (κ3) is 5.94. The number of hydrogen-bond acceptors (Lipinski definition) is 8. The molecule has 31 heavy (non-hydrogen) atoms. The van der Waals surface area contributed by atoms with Gasteiger partial charge in [-0.25, -0.2) is 19.4 Å². The second-order valence-corrected chi connectivity index (χ2v) is 7.23. The normalized spacial score (nSPS) is 17.5. The third-order valence-corrected chi connectivity index (χ3v) is 5.13. The first-order valence-electron chi connectivity index (χ1n) is 10.6. The summed E-state index contributed by atoms with van der Waals surface area (Å²) >= 11 is 0. The standard InChI is InChI=1S/C21H29N5O5/c1-3-30-19(27)15-6-7-18(22-12-15)26-9-5-8-25(10-11-26)14-17-16(20(28)31-4-2)13-23-21(29)24-17/h6-7,12H,3-5,8-11,13-14H2,1-2H3,(H2,23,24,29). The number of carbonyl (C=O) groups excluding carboxylic acids is 3. The number of pyridine rings is 1. The van der Waals surface area contributed by atoms with Gasteiger partial charge in [0.15, 0.2) is 0 Å². The smallest absolute Gasteiger partial charge is 0.339 e. The highest BCUT2D eigenvalue weighted by molar-refractivity contribution is 5.93. The summed E-state index contributed by atoms with van der Waals surface area (Å²) in [7, 11) is 0. The lowest BCUT2D eigenvalue weighted by atomic mass is 10.1. The summed E-state index contributed by atoms with van der Waals surface area (Å²) in [5.41, 5.74) is 1.48. The molecule has 0 unspecified atom stereocenters. The summed E-state index contributed by atoms with van der Waals surface area (Å²) in [5, 5.41) is 5.38. The molecule has 2 N–H and O–H groups in total.